The maximum Gasteiger partial charge on any atom is 0.260 e. The fraction of sp³-hybridized carbons (Fsp3) is 0.414. The summed E-state index contributed by atoms with van der Waals surface area (Å²) in [5.74, 6) is 0.521. The molecule has 2 aromatic carbocycles. The maximum atomic E-state index is 13.5. The molecule has 0 spiro atoms. The molecule has 0 unspecified atom stereocenters. The van der Waals surface area contributed by atoms with Gasteiger partial charge in [-0.3, -0.25) is 9.59 Å². The van der Waals surface area contributed by atoms with Crippen LogP contribution in [-0.4, -0.2) is 60.8 Å². The summed E-state index contributed by atoms with van der Waals surface area (Å²) in [5.41, 5.74) is 4.76. The second-order valence-corrected chi connectivity index (χ2v) is 10.5. The number of rotatable bonds is 7. The Hall–Kier alpha value is -3.63. The smallest absolute Gasteiger partial charge is 0.260 e. The first-order chi connectivity index (χ1) is 18.5. The average molecular weight is 553 g/mol. The van der Waals surface area contributed by atoms with Crippen LogP contribution in [0.15, 0.2) is 47.7 Å². The van der Waals surface area contributed by atoms with E-state index in [2.05, 4.69) is 16.0 Å². The third kappa shape index (κ3) is 6.69. The molecule has 3 N–H and O–H groups in total. The molecule has 1 saturated heterocycles. The molecule has 3 atom stereocenters. The maximum absolute atomic E-state index is 13.5. The summed E-state index contributed by atoms with van der Waals surface area (Å²) in [5, 5.41) is 9.72. The first-order valence-corrected chi connectivity index (χ1v) is 13.4. The number of benzene rings is 2. The standard InChI is InChI=1S/C29H36N4O5S/c1-16-7-9-22(17(2)11-16)31-28(35)26-20(5)30-29(39)32-27(26)21-8-10-23(24(12-21)36-6)37-15-25(34)33-13-18(3)38-19(4)14-33/h7-12,18-19,27H,13-15H2,1-6H3,(H,31,35)(H2,30,32,39)/t18-,19-,27-/m0/s1. The van der Waals surface area contributed by atoms with E-state index in [4.69, 9.17) is 26.4 Å². The lowest BCUT2D eigenvalue weighted by atomic mass is 9.94. The van der Waals surface area contributed by atoms with Gasteiger partial charge in [0.15, 0.2) is 23.2 Å². The molecule has 39 heavy (non-hydrogen) atoms. The average Bonchev–Trinajstić information content (AvgIpc) is 2.87. The Morgan fingerprint density at radius 3 is 2.46 bits per heavy atom. The SMILES string of the molecule is COc1cc([C@@H]2NC(=S)NC(C)=C2C(=O)Nc2ccc(C)cc2C)ccc1OCC(=O)N1C[C@H](C)O[C@@H](C)C1. The highest BCUT2D eigenvalue weighted by atomic mass is 32.1. The van der Waals surface area contributed by atoms with Crippen molar-refractivity contribution in [1.29, 1.82) is 0 Å². The van der Waals surface area contributed by atoms with Crippen LogP contribution in [0.25, 0.3) is 0 Å². The number of amides is 2. The number of nitrogens with zero attached hydrogens (tertiary/aromatic N) is 1. The molecular formula is C29H36N4O5S. The molecule has 2 aliphatic heterocycles. The van der Waals surface area contributed by atoms with Gasteiger partial charge in [0.05, 0.1) is 30.9 Å². The summed E-state index contributed by atoms with van der Waals surface area (Å²) < 4.78 is 17.2. The lowest BCUT2D eigenvalue weighted by molar-refractivity contribution is -0.145. The molecule has 2 aromatic rings. The van der Waals surface area contributed by atoms with Crippen LogP contribution in [0.2, 0.25) is 0 Å². The van der Waals surface area contributed by atoms with Crippen molar-refractivity contribution in [3.8, 4) is 11.5 Å². The molecule has 0 saturated carbocycles. The van der Waals surface area contributed by atoms with Crippen molar-refractivity contribution < 1.29 is 23.8 Å². The lowest BCUT2D eigenvalue weighted by Crippen LogP contribution is -2.49. The van der Waals surface area contributed by atoms with E-state index >= 15 is 0 Å². The van der Waals surface area contributed by atoms with Gasteiger partial charge in [-0.2, -0.15) is 0 Å². The number of carbonyl (C=O) groups is 2. The van der Waals surface area contributed by atoms with Crippen molar-refractivity contribution in [1.82, 2.24) is 15.5 Å². The molecule has 2 heterocycles. The number of allylic oxidation sites excluding steroid dienone is 1. The first-order valence-electron chi connectivity index (χ1n) is 13.0. The van der Waals surface area contributed by atoms with E-state index in [1.165, 1.54) is 7.11 Å². The largest absolute Gasteiger partial charge is 0.493 e. The van der Waals surface area contributed by atoms with Crippen LogP contribution in [0, 0.1) is 13.8 Å². The fourth-order valence-electron chi connectivity index (χ4n) is 4.98. The Kier molecular flexibility index (Phi) is 8.76. The minimum absolute atomic E-state index is 0.0205. The van der Waals surface area contributed by atoms with Crippen LogP contribution in [0.4, 0.5) is 5.69 Å². The summed E-state index contributed by atoms with van der Waals surface area (Å²) in [4.78, 5) is 28.0. The van der Waals surface area contributed by atoms with Crippen molar-refractivity contribution in [2.75, 3.05) is 32.1 Å². The van der Waals surface area contributed by atoms with Crippen molar-refractivity contribution in [2.45, 2.75) is 52.9 Å². The second kappa shape index (κ2) is 12.0. The molecule has 0 bridgehead atoms. The number of hydrogen-bond acceptors (Lipinski definition) is 6. The predicted molar refractivity (Wildman–Crippen MR) is 154 cm³/mol. The predicted octanol–water partition coefficient (Wildman–Crippen LogP) is 3.76. The van der Waals surface area contributed by atoms with E-state index < -0.39 is 6.04 Å². The van der Waals surface area contributed by atoms with Gasteiger partial charge in [0.2, 0.25) is 0 Å². The Morgan fingerprint density at radius 2 is 1.79 bits per heavy atom. The van der Waals surface area contributed by atoms with Gasteiger partial charge in [-0.05, 0) is 76.2 Å². The van der Waals surface area contributed by atoms with E-state index in [9.17, 15) is 9.59 Å². The van der Waals surface area contributed by atoms with E-state index in [0.717, 1.165) is 22.4 Å². The first kappa shape index (κ1) is 28.4. The number of methoxy groups -OCH3 is 1. The molecule has 9 nitrogen and oxygen atoms in total. The topological polar surface area (TPSA) is 101 Å². The zero-order valence-corrected chi connectivity index (χ0v) is 24.0. The number of morpholine rings is 1. The molecule has 0 aromatic heterocycles. The number of hydrogen-bond donors (Lipinski definition) is 3. The molecule has 2 amide bonds. The highest BCUT2D eigenvalue weighted by molar-refractivity contribution is 7.80. The van der Waals surface area contributed by atoms with Crippen LogP contribution in [0.5, 0.6) is 11.5 Å². The summed E-state index contributed by atoms with van der Waals surface area (Å²) in [6, 6.07) is 10.7. The minimum atomic E-state index is -0.523. The van der Waals surface area contributed by atoms with E-state index in [1.54, 1.807) is 17.0 Å². The Bertz CT molecular complexity index is 1300. The molecule has 0 radical (unpaired) electrons. The molecule has 10 heteroatoms. The van der Waals surface area contributed by atoms with Gasteiger partial charge in [-0.15, -0.1) is 0 Å². The number of ether oxygens (including phenoxy) is 3. The van der Waals surface area contributed by atoms with Crippen molar-refractivity contribution in [3.05, 3.63) is 64.4 Å². The van der Waals surface area contributed by atoms with Crippen LogP contribution in [-0.2, 0) is 14.3 Å². The monoisotopic (exact) mass is 552 g/mol. The van der Waals surface area contributed by atoms with Gasteiger partial charge < -0.3 is 35.1 Å². The zero-order chi connectivity index (χ0) is 28.3. The molecule has 4 rings (SSSR count). The fourth-order valence-corrected chi connectivity index (χ4v) is 5.25. The Morgan fingerprint density at radius 1 is 1.08 bits per heavy atom. The van der Waals surface area contributed by atoms with E-state index in [0.29, 0.717) is 41.0 Å². The quantitative estimate of drug-likeness (QED) is 0.447. The van der Waals surface area contributed by atoms with Crippen molar-refractivity contribution in [3.63, 3.8) is 0 Å². The minimum Gasteiger partial charge on any atom is -0.493 e. The highest BCUT2D eigenvalue weighted by Gasteiger charge is 2.31. The molecule has 2 aliphatic rings. The zero-order valence-electron chi connectivity index (χ0n) is 23.2. The Labute approximate surface area is 234 Å². The molecule has 1 fully saturated rings. The van der Waals surface area contributed by atoms with Crippen LogP contribution < -0.4 is 25.4 Å². The van der Waals surface area contributed by atoms with E-state index in [-0.39, 0.29) is 30.6 Å². The van der Waals surface area contributed by atoms with Crippen molar-refractivity contribution >= 4 is 34.8 Å². The van der Waals surface area contributed by atoms with E-state index in [1.807, 2.05) is 58.9 Å². The second-order valence-electron chi connectivity index (χ2n) is 10.1. The van der Waals surface area contributed by atoms with Crippen LogP contribution in [0.1, 0.15) is 43.5 Å². The lowest BCUT2D eigenvalue weighted by Gasteiger charge is -2.35. The molecular weight excluding hydrogens is 516 g/mol. The summed E-state index contributed by atoms with van der Waals surface area (Å²) >= 11 is 5.40. The number of aryl methyl sites for hydroxylation is 2. The molecule has 208 valence electrons. The number of carbonyl (C=O) groups excluding carboxylic acids is 2. The van der Waals surface area contributed by atoms with Gasteiger partial charge in [-0.25, -0.2) is 0 Å². The van der Waals surface area contributed by atoms with Crippen molar-refractivity contribution in [2.24, 2.45) is 0 Å². The highest BCUT2D eigenvalue weighted by Crippen LogP contribution is 2.35. The summed E-state index contributed by atoms with van der Waals surface area (Å²) in [6.07, 6.45) is -0.0409. The van der Waals surface area contributed by atoms with Crippen LogP contribution >= 0.6 is 12.2 Å². The number of thiocarbonyl (C=S) groups is 1. The number of nitrogens with one attached hydrogen (secondary N) is 3. The summed E-state index contributed by atoms with van der Waals surface area (Å²) in [7, 11) is 1.54. The van der Waals surface area contributed by atoms with Gasteiger partial charge in [-0.1, -0.05) is 23.8 Å². The van der Waals surface area contributed by atoms with Gasteiger partial charge in [0.25, 0.3) is 11.8 Å². The third-order valence-corrected chi connectivity index (χ3v) is 7.01. The van der Waals surface area contributed by atoms with Crippen LogP contribution in [0.3, 0.4) is 0 Å². The molecule has 0 aliphatic carbocycles. The summed E-state index contributed by atoms with van der Waals surface area (Å²) in [6.45, 7) is 10.6. The number of anilines is 1. The van der Waals surface area contributed by atoms with Gasteiger partial charge >= 0.3 is 0 Å². The Balaban J connectivity index is 1.53. The third-order valence-electron chi connectivity index (χ3n) is 6.79. The van der Waals surface area contributed by atoms with Gasteiger partial charge in [0.1, 0.15) is 0 Å². The normalized spacial score (nSPS) is 21.1. The van der Waals surface area contributed by atoms with Gasteiger partial charge in [0, 0.05) is 24.5 Å².